The topological polar surface area (TPSA) is 17.8 Å². The summed E-state index contributed by atoms with van der Waals surface area (Å²) in [4.78, 5) is 4.20. The van der Waals surface area contributed by atoms with Crippen LogP contribution in [0.3, 0.4) is 0 Å². The SMILES string of the molecule is CCCCCCCCCCCCC1(CCn2ccnc2)SCC(C)CS1. The van der Waals surface area contributed by atoms with E-state index in [-0.39, 0.29) is 0 Å². The van der Waals surface area contributed by atoms with E-state index in [0.29, 0.717) is 4.08 Å². The predicted octanol–water partition coefficient (Wildman–Crippen LogP) is 7.40. The van der Waals surface area contributed by atoms with Crippen LogP contribution in [0.15, 0.2) is 18.7 Å². The van der Waals surface area contributed by atoms with E-state index in [0.717, 1.165) is 12.5 Å². The van der Waals surface area contributed by atoms with Gasteiger partial charge in [0.2, 0.25) is 0 Å². The molecule has 0 N–H and O–H groups in total. The molecule has 1 saturated heterocycles. The zero-order valence-corrected chi connectivity index (χ0v) is 18.8. The van der Waals surface area contributed by atoms with E-state index in [9.17, 15) is 0 Å². The fraction of sp³-hybridized carbons (Fsp3) is 0.864. The number of hydrogen-bond donors (Lipinski definition) is 0. The first-order valence-corrected chi connectivity index (χ1v) is 12.9. The molecule has 1 aromatic rings. The van der Waals surface area contributed by atoms with Crippen LogP contribution in [0.4, 0.5) is 0 Å². The molecule has 0 aliphatic carbocycles. The number of rotatable bonds is 14. The Labute approximate surface area is 170 Å². The smallest absolute Gasteiger partial charge is 0.0945 e. The van der Waals surface area contributed by atoms with Crippen molar-refractivity contribution in [2.24, 2.45) is 5.92 Å². The summed E-state index contributed by atoms with van der Waals surface area (Å²) in [6.07, 6.45) is 23.0. The zero-order chi connectivity index (χ0) is 18.5. The fourth-order valence-corrected chi connectivity index (χ4v) is 7.04. The molecule has 0 spiro atoms. The Hall–Kier alpha value is -0.0900. The van der Waals surface area contributed by atoms with Crippen molar-refractivity contribution in [1.29, 1.82) is 0 Å². The van der Waals surface area contributed by atoms with Gasteiger partial charge in [-0.15, -0.1) is 23.5 Å². The van der Waals surface area contributed by atoms with E-state index in [1.807, 2.05) is 12.5 Å². The maximum Gasteiger partial charge on any atom is 0.0945 e. The van der Waals surface area contributed by atoms with Crippen LogP contribution in [0.2, 0.25) is 0 Å². The third kappa shape index (κ3) is 8.73. The lowest BCUT2D eigenvalue weighted by Gasteiger charge is -2.38. The molecule has 1 fully saturated rings. The van der Waals surface area contributed by atoms with Gasteiger partial charge in [0, 0.05) is 18.9 Å². The molecule has 2 nitrogen and oxygen atoms in total. The Morgan fingerprint density at radius 3 is 2.12 bits per heavy atom. The number of nitrogens with zero attached hydrogens (tertiary/aromatic N) is 2. The summed E-state index contributed by atoms with van der Waals surface area (Å²) < 4.78 is 2.70. The molecule has 2 rings (SSSR count). The van der Waals surface area contributed by atoms with Crippen molar-refractivity contribution in [2.45, 2.75) is 102 Å². The van der Waals surface area contributed by atoms with Crippen molar-refractivity contribution in [3.05, 3.63) is 18.7 Å². The van der Waals surface area contributed by atoms with Gasteiger partial charge in [0.05, 0.1) is 10.4 Å². The highest BCUT2D eigenvalue weighted by molar-refractivity contribution is 8.18. The lowest BCUT2D eigenvalue weighted by molar-refractivity contribution is 0.514. The Morgan fingerprint density at radius 1 is 0.923 bits per heavy atom. The van der Waals surface area contributed by atoms with Crippen molar-refractivity contribution >= 4 is 23.5 Å². The van der Waals surface area contributed by atoms with Crippen molar-refractivity contribution in [3.8, 4) is 0 Å². The molecule has 0 atom stereocenters. The summed E-state index contributed by atoms with van der Waals surface area (Å²) in [5.41, 5.74) is 0. The Balaban J connectivity index is 1.60. The van der Waals surface area contributed by atoms with Gasteiger partial charge in [-0.25, -0.2) is 4.98 Å². The minimum atomic E-state index is 0.455. The lowest BCUT2D eigenvalue weighted by atomic mass is 10.0. The minimum Gasteiger partial charge on any atom is -0.337 e. The van der Waals surface area contributed by atoms with E-state index >= 15 is 0 Å². The maximum absolute atomic E-state index is 4.20. The fourth-order valence-electron chi connectivity index (χ4n) is 3.69. The van der Waals surface area contributed by atoms with Crippen LogP contribution in [0.1, 0.15) is 90.9 Å². The summed E-state index contributed by atoms with van der Waals surface area (Å²) in [6, 6.07) is 0. The molecule has 0 saturated carbocycles. The first kappa shape index (κ1) is 22.2. The molecule has 1 aromatic heterocycles. The van der Waals surface area contributed by atoms with Crippen molar-refractivity contribution in [1.82, 2.24) is 9.55 Å². The van der Waals surface area contributed by atoms with Crippen molar-refractivity contribution in [2.75, 3.05) is 11.5 Å². The van der Waals surface area contributed by atoms with Gasteiger partial charge in [-0.3, -0.25) is 0 Å². The highest BCUT2D eigenvalue weighted by Gasteiger charge is 2.34. The quantitative estimate of drug-likeness (QED) is 0.305. The van der Waals surface area contributed by atoms with E-state index in [2.05, 4.69) is 53.1 Å². The molecule has 1 aliphatic heterocycles. The molecular formula is C22H40N2S2. The molecule has 4 heteroatoms. The van der Waals surface area contributed by atoms with Gasteiger partial charge in [-0.05, 0) is 30.3 Å². The molecule has 0 bridgehead atoms. The first-order chi connectivity index (χ1) is 12.7. The van der Waals surface area contributed by atoms with Crippen LogP contribution in [0.25, 0.3) is 0 Å². The molecule has 2 heterocycles. The molecule has 0 radical (unpaired) electrons. The Morgan fingerprint density at radius 2 is 1.54 bits per heavy atom. The molecule has 1 aliphatic rings. The first-order valence-electron chi connectivity index (χ1n) is 11.0. The van der Waals surface area contributed by atoms with Gasteiger partial charge < -0.3 is 4.57 Å². The highest BCUT2D eigenvalue weighted by Crippen LogP contribution is 2.49. The third-order valence-electron chi connectivity index (χ3n) is 5.48. The summed E-state index contributed by atoms with van der Waals surface area (Å²) >= 11 is 4.50. The summed E-state index contributed by atoms with van der Waals surface area (Å²) in [5, 5.41) is 0. The van der Waals surface area contributed by atoms with Crippen LogP contribution in [0.5, 0.6) is 0 Å². The van der Waals surface area contributed by atoms with E-state index in [4.69, 9.17) is 0 Å². The van der Waals surface area contributed by atoms with Crippen molar-refractivity contribution < 1.29 is 0 Å². The average molecular weight is 397 g/mol. The summed E-state index contributed by atoms with van der Waals surface area (Å²) in [6.45, 7) is 5.82. The number of hydrogen-bond acceptors (Lipinski definition) is 3. The van der Waals surface area contributed by atoms with Gasteiger partial charge >= 0.3 is 0 Å². The van der Waals surface area contributed by atoms with Crippen LogP contribution < -0.4 is 0 Å². The molecule has 0 aromatic carbocycles. The van der Waals surface area contributed by atoms with Crippen LogP contribution in [0, 0.1) is 5.92 Å². The van der Waals surface area contributed by atoms with Crippen LogP contribution >= 0.6 is 23.5 Å². The standard InChI is InChI=1S/C22H40N2S2/c1-3-4-5-6-7-8-9-10-11-12-13-22(25-18-21(2)19-26-22)14-16-24-17-15-23-20-24/h15,17,20-21H,3-14,16,18-19H2,1-2H3. The lowest BCUT2D eigenvalue weighted by Crippen LogP contribution is -2.30. The average Bonchev–Trinajstić information content (AvgIpc) is 3.18. The highest BCUT2D eigenvalue weighted by atomic mass is 32.2. The summed E-state index contributed by atoms with van der Waals surface area (Å²) in [5.74, 6) is 3.56. The van der Waals surface area contributed by atoms with Crippen LogP contribution in [-0.2, 0) is 6.54 Å². The second-order valence-corrected chi connectivity index (χ2v) is 11.2. The summed E-state index contributed by atoms with van der Waals surface area (Å²) in [7, 11) is 0. The van der Waals surface area contributed by atoms with Gasteiger partial charge in [-0.1, -0.05) is 78.1 Å². The Bertz CT molecular complexity index is 439. The molecular weight excluding hydrogens is 356 g/mol. The molecule has 0 amide bonds. The Kier molecular flexibility index (Phi) is 11.2. The molecule has 0 unspecified atom stereocenters. The number of unbranched alkanes of at least 4 members (excludes halogenated alkanes) is 9. The minimum absolute atomic E-state index is 0.455. The maximum atomic E-state index is 4.20. The normalized spacial score (nSPS) is 23.4. The number of aryl methyl sites for hydroxylation is 1. The third-order valence-corrected chi connectivity index (χ3v) is 9.53. The van der Waals surface area contributed by atoms with Gasteiger partial charge in [0.1, 0.15) is 0 Å². The molecule has 26 heavy (non-hydrogen) atoms. The predicted molar refractivity (Wildman–Crippen MR) is 120 cm³/mol. The number of imidazole rings is 1. The van der Waals surface area contributed by atoms with E-state index < -0.39 is 0 Å². The molecule has 150 valence electrons. The van der Waals surface area contributed by atoms with E-state index in [1.165, 1.54) is 88.6 Å². The second kappa shape index (κ2) is 13.1. The van der Waals surface area contributed by atoms with Crippen molar-refractivity contribution in [3.63, 3.8) is 0 Å². The van der Waals surface area contributed by atoms with Gasteiger partial charge in [0.25, 0.3) is 0 Å². The zero-order valence-electron chi connectivity index (χ0n) is 17.1. The second-order valence-electron chi connectivity index (χ2n) is 8.12. The van der Waals surface area contributed by atoms with Gasteiger partial charge in [-0.2, -0.15) is 0 Å². The van der Waals surface area contributed by atoms with Gasteiger partial charge in [0.15, 0.2) is 0 Å². The largest absolute Gasteiger partial charge is 0.337 e. The van der Waals surface area contributed by atoms with E-state index in [1.54, 1.807) is 0 Å². The number of thioether (sulfide) groups is 2. The monoisotopic (exact) mass is 396 g/mol. The number of aromatic nitrogens is 2. The van der Waals surface area contributed by atoms with Crippen LogP contribution in [-0.4, -0.2) is 25.1 Å².